The Morgan fingerprint density at radius 1 is 1.20 bits per heavy atom. The van der Waals surface area contributed by atoms with Gasteiger partial charge in [0, 0.05) is 9.37 Å². The van der Waals surface area contributed by atoms with Gasteiger partial charge in [-0.3, -0.25) is 0 Å². The number of hydrogen-bond donors (Lipinski definition) is 1. The quantitative estimate of drug-likeness (QED) is 0.728. The summed E-state index contributed by atoms with van der Waals surface area (Å²) in [5.41, 5.74) is 7.91. The molecule has 0 aliphatic carbocycles. The van der Waals surface area contributed by atoms with Crippen molar-refractivity contribution >= 4 is 49.2 Å². The second-order valence-electron chi connectivity index (χ2n) is 4.35. The lowest BCUT2D eigenvalue weighted by molar-refractivity contribution is 0.965. The van der Waals surface area contributed by atoms with Gasteiger partial charge in [-0.2, -0.15) is 0 Å². The van der Waals surface area contributed by atoms with Gasteiger partial charge in [-0.15, -0.1) is 11.3 Å². The van der Waals surface area contributed by atoms with E-state index in [4.69, 9.17) is 5.73 Å². The molecule has 0 aliphatic heterocycles. The summed E-state index contributed by atoms with van der Waals surface area (Å²) in [6.45, 7) is 0.677. The number of thiazole rings is 1. The molecule has 1 heterocycles. The fourth-order valence-electron chi connectivity index (χ4n) is 1.94. The smallest absolute Gasteiger partial charge is 0.155 e. The van der Waals surface area contributed by atoms with Crippen molar-refractivity contribution in [3.05, 3.63) is 52.5 Å². The van der Waals surface area contributed by atoms with E-state index in [1.54, 1.807) is 23.1 Å². The lowest BCUT2D eigenvalue weighted by atomic mass is 10.2. The minimum atomic E-state index is 0.677. The Morgan fingerprint density at radius 2 is 2.05 bits per heavy atom. The molecule has 5 heteroatoms. The van der Waals surface area contributed by atoms with E-state index >= 15 is 0 Å². The summed E-state index contributed by atoms with van der Waals surface area (Å²) in [4.78, 5) is 5.83. The minimum Gasteiger partial charge on any atom is -0.330 e. The summed E-state index contributed by atoms with van der Waals surface area (Å²) in [7, 11) is 0. The maximum Gasteiger partial charge on any atom is 0.155 e. The Balaban J connectivity index is 1.86. The number of fused-ring (bicyclic) bond motifs is 1. The zero-order valence-electron chi connectivity index (χ0n) is 10.7. The molecule has 0 fully saturated rings. The van der Waals surface area contributed by atoms with E-state index in [0.717, 1.165) is 20.7 Å². The summed E-state index contributed by atoms with van der Waals surface area (Å²) < 4.78 is 3.40. The first kappa shape index (κ1) is 14.1. The third-order valence-electron chi connectivity index (χ3n) is 2.90. The molecular formula is C15H13BrN2S2. The zero-order valence-corrected chi connectivity index (χ0v) is 13.9. The van der Waals surface area contributed by atoms with E-state index in [1.165, 1.54) is 15.2 Å². The van der Waals surface area contributed by atoms with Gasteiger partial charge in [0.1, 0.15) is 0 Å². The molecule has 0 amide bonds. The monoisotopic (exact) mass is 364 g/mol. The molecule has 102 valence electrons. The Bertz CT molecular complexity index is 707. The predicted molar refractivity (Wildman–Crippen MR) is 90.6 cm³/mol. The first-order valence-corrected chi connectivity index (χ1v) is 8.71. The lowest BCUT2D eigenvalue weighted by Gasteiger charge is -2.04. The summed E-state index contributed by atoms with van der Waals surface area (Å²) >= 11 is 7.06. The van der Waals surface area contributed by atoms with E-state index in [-0.39, 0.29) is 0 Å². The second-order valence-corrected chi connectivity index (χ2v) is 7.53. The first-order chi connectivity index (χ1) is 9.76. The molecule has 0 radical (unpaired) electrons. The molecule has 3 aromatic rings. The van der Waals surface area contributed by atoms with E-state index in [1.807, 2.05) is 12.1 Å². The van der Waals surface area contributed by atoms with Crippen LogP contribution in [0.15, 0.2) is 56.2 Å². The second kappa shape index (κ2) is 6.26. The lowest BCUT2D eigenvalue weighted by Crippen LogP contribution is -2.02. The number of aromatic nitrogens is 1. The largest absolute Gasteiger partial charge is 0.330 e. The molecule has 0 saturated heterocycles. The van der Waals surface area contributed by atoms with Crippen LogP contribution >= 0.6 is 39.0 Å². The molecule has 1 aromatic heterocycles. The highest BCUT2D eigenvalue weighted by Gasteiger charge is 2.08. The highest BCUT2D eigenvalue weighted by molar-refractivity contribution is 9.10. The Kier molecular flexibility index (Phi) is 4.41. The molecule has 0 atom stereocenters. The van der Waals surface area contributed by atoms with Crippen LogP contribution in [0.5, 0.6) is 0 Å². The van der Waals surface area contributed by atoms with Gasteiger partial charge in [0.25, 0.3) is 0 Å². The normalized spacial score (nSPS) is 11.1. The number of nitrogens with zero attached hydrogens (tertiary/aromatic N) is 1. The standard InChI is InChI=1S/C15H13BrN2S2/c16-11-9-10(7-8-17)5-6-13(11)19-15-18-12-3-1-2-4-14(12)20-15/h1-6,9H,7-8,17H2. The SMILES string of the molecule is NCCc1ccc(Sc2nc3ccccc3s2)c(Br)c1. The van der Waals surface area contributed by atoms with E-state index in [9.17, 15) is 0 Å². The number of nitrogens with two attached hydrogens (primary N) is 1. The average molecular weight is 365 g/mol. The average Bonchev–Trinajstić information content (AvgIpc) is 2.84. The fourth-order valence-corrected chi connectivity index (χ4v) is 4.63. The first-order valence-electron chi connectivity index (χ1n) is 6.28. The van der Waals surface area contributed by atoms with Crippen LogP contribution < -0.4 is 5.73 Å². The van der Waals surface area contributed by atoms with Gasteiger partial charge in [-0.1, -0.05) is 30.0 Å². The summed E-state index contributed by atoms with van der Waals surface area (Å²) in [6, 6.07) is 14.6. The molecular weight excluding hydrogens is 352 g/mol. The minimum absolute atomic E-state index is 0.677. The summed E-state index contributed by atoms with van der Waals surface area (Å²) in [6.07, 6.45) is 0.907. The van der Waals surface area contributed by atoms with E-state index in [2.05, 4.69) is 51.2 Å². The van der Waals surface area contributed by atoms with Crippen LogP contribution in [0.25, 0.3) is 10.2 Å². The van der Waals surface area contributed by atoms with Crippen molar-refractivity contribution in [2.75, 3.05) is 6.54 Å². The third-order valence-corrected chi connectivity index (χ3v) is 5.99. The van der Waals surface area contributed by atoms with Crippen molar-refractivity contribution < 1.29 is 0 Å². The van der Waals surface area contributed by atoms with Crippen molar-refractivity contribution in [2.45, 2.75) is 15.7 Å². The molecule has 0 aliphatic rings. The van der Waals surface area contributed by atoms with Crippen LogP contribution in [-0.4, -0.2) is 11.5 Å². The maximum atomic E-state index is 5.59. The highest BCUT2D eigenvalue weighted by Crippen LogP contribution is 2.37. The van der Waals surface area contributed by atoms with Gasteiger partial charge in [-0.05, 0) is 58.7 Å². The van der Waals surface area contributed by atoms with Gasteiger partial charge < -0.3 is 5.73 Å². The van der Waals surface area contributed by atoms with Gasteiger partial charge in [0.05, 0.1) is 10.2 Å². The van der Waals surface area contributed by atoms with Crippen LogP contribution in [0, 0.1) is 0 Å². The van der Waals surface area contributed by atoms with Gasteiger partial charge in [-0.25, -0.2) is 4.98 Å². The summed E-state index contributed by atoms with van der Waals surface area (Å²) in [5, 5.41) is 0. The molecule has 20 heavy (non-hydrogen) atoms. The number of halogens is 1. The maximum absolute atomic E-state index is 5.59. The molecule has 0 unspecified atom stereocenters. The number of benzene rings is 2. The molecule has 2 aromatic carbocycles. The molecule has 2 nitrogen and oxygen atoms in total. The van der Waals surface area contributed by atoms with Crippen molar-refractivity contribution in [1.29, 1.82) is 0 Å². The van der Waals surface area contributed by atoms with Crippen LogP contribution in [0.4, 0.5) is 0 Å². The van der Waals surface area contributed by atoms with Gasteiger partial charge in [0.2, 0.25) is 0 Å². The van der Waals surface area contributed by atoms with E-state index < -0.39 is 0 Å². The molecule has 0 spiro atoms. The van der Waals surface area contributed by atoms with Crippen molar-refractivity contribution in [3.63, 3.8) is 0 Å². The van der Waals surface area contributed by atoms with Crippen molar-refractivity contribution in [3.8, 4) is 0 Å². The number of hydrogen-bond acceptors (Lipinski definition) is 4. The van der Waals surface area contributed by atoms with E-state index in [0.29, 0.717) is 6.54 Å². The topological polar surface area (TPSA) is 38.9 Å². The molecule has 0 saturated carbocycles. The fraction of sp³-hybridized carbons (Fsp3) is 0.133. The highest BCUT2D eigenvalue weighted by atomic mass is 79.9. The number of para-hydroxylation sites is 1. The predicted octanol–water partition coefficient (Wildman–Crippen LogP) is 4.71. The van der Waals surface area contributed by atoms with Gasteiger partial charge in [0.15, 0.2) is 4.34 Å². The number of rotatable bonds is 4. The van der Waals surface area contributed by atoms with Crippen LogP contribution in [0.3, 0.4) is 0 Å². The summed E-state index contributed by atoms with van der Waals surface area (Å²) in [5.74, 6) is 0. The molecule has 2 N–H and O–H groups in total. The Labute approximate surface area is 134 Å². The zero-order chi connectivity index (χ0) is 13.9. The Hall–Kier alpha value is -0.880. The van der Waals surface area contributed by atoms with Crippen LogP contribution in [-0.2, 0) is 6.42 Å². The Morgan fingerprint density at radius 3 is 2.80 bits per heavy atom. The molecule has 0 bridgehead atoms. The van der Waals surface area contributed by atoms with Gasteiger partial charge >= 0.3 is 0 Å². The van der Waals surface area contributed by atoms with Crippen LogP contribution in [0.1, 0.15) is 5.56 Å². The molecule has 3 rings (SSSR count). The van der Waals surface area contributed by atoms with Crippen molar-refractivity contribution in [2.24, 2.45) is 5.73 Å². The third kappa shape index (κ3) is 3.06. The van der Waals surface area contributed by atoms with Crippen molar-refractivity contribution in [1.82, 2.24) is 4.98 Å². The van der Waals surface area contributed by atoms with Crippen LogP contribution in [0.2, 0.25) is 0 Å².